The zero-order valence-corrected chi connectivity index (χ0v) is 6.90. The van der Waals surface area contributed by atoms with Gasteiger partial charge in [-0.2, -0.15) is 10.1 Å². The molecule has 1 heterocycles. The Morgan fingerprint density at radius 1 is 1.42 bits per heavy atom. The van der Waals surface area contributed by atoms with Crippen LogP contribution < -0.4 is 4.90 Å². The fourth-order valence-electron chi connectivity index (χ4n) is 0.911. The van der Waals surface area contributed by atoms with Crippen LogP contribution in [-0.4, -0.2) is 28.3 Å². The van der Waals surface area contributed by atoms with Crippen molar-refractivity contribution in [3.05, 3.63) is 31.6 Å². The Kier molecular flexibility index (Phi) is 3.07. The summed E-state index contributed by atoms with van der Waals surface area (Å²) in [5.41, 5.74) is 0. The molecule has 1 rings (SSSR count). The van der Waals surface area contributed by atoms with Gasteiger partial charge in [0, 0.05) is 13.1 Å². The molecule has 0 aliphatic carbocycles. The van der Waals surface area contributed by atoms with E-state index in [0.29, 0.717) is 0 Å². The molecular formula is C8H12N4. The van der Waals surface area contributed by atoms with Crippen molar-refractivity contribution in [3.8, 4) is 0 Å². The second-order valence-electron chi connectivity index (χ2n) is 2.29. The molecule has 1 aromatic rings. The zero-order valence-electron chi connectivity index (χ0n) is 6.90. The first kappa shape index (κ1) is 8.52. The van der Waals surface area contributed by atoms with Gasteiger partial charge in [0.05, 0.1) is 0 Å². The second kappa shape index (κ2) is 4.33. The van der Waals surface area contributed by atoms with E-state index in [1.54, 1.807) is 0 Å². The van der Waals surface area contributed by atoms with Crippen LogP contribution in [-0.2, 0) is 0 Å². The number of hydrogen-bond acceptors (Lipinski definition) is 3. The number of aromatic amines is 1. The van der Waals surface area contributed by atoms with E-state index in [2.05, 4.69) is 28.3 Å². The van der Waals surface area contributed by atoms with Crippen LogP contribution in [0.15, 0.2) is 31.6 Å². The van der Waals surface area contributed by atoms with E-state index in [0.717, 1.165) is 19.0 Å². The van der Waals surface area contributed by atoms with Crippen LogP contribution in [0.4, 0.5) is 5.95 Å². The van der Waals surface area contributed by atoms with Crippen molar-refractivity contribution in [2.45, 2.75) is 0 Å². The number of aromatic nitrogens is 3. The van der Waals surface area contributed by atoms with Crippen molar-refractivity contribution in [1.82, 2.24) is 15.2 Å². The van der Waals surface area contributed by atoms with E-state index in [1.807, 2.05) is 17.1 Å². The minimum Gasteiger partial charge on any atom is -0.334 e. The highest BCUT2D eigenvalue weighted by Gasteiger charge is 2.03. The molecule has 0 spiro atoms. The van der Waals surface area contributed by atoms with Gasteiger partial charge in [0.15, 0.2) is 0 Å². The summed E-state index contributed by atoms with van der Waals surface area (Å²) in [6.07, 6.45) is 5.10. The summed E-state index contributed by atoms with van der Waals surface area (Å²) in [7, 11) is 0. The Morgan fingerprint density at radius 2 is 2.08 bits per heavy atom. The maximum atomic E-state index is 4.02. The fourth-order valence-corrected chi connectivity index (χ4v) is 0.911. The molecule has 1 aromatic heterocycles. The van der Waals surface area contributed by atoms with Gasteiger partial charge >= 0.3 is 0 Å². The lowest BCUT2D eigenvalue weighted by Crippen LogP contribution is -2.24. The summed E-state index contributed by atoms with van der Waals surface area (Å²) < 4.78 is 0. The van der Waals surface area contributed by atoms with E-state index in [9.17, 15) is 0 Å². The molecule has 0 unspecified atom stereocenters. The Balaban J connectivity index is 2.65. The van der Waals surface area contributed by atoms with Gasteiger partial charge in [0.2, 0.25) is 5.95 Å². The minimum atomic E-state index is 0.737. The molecular weight excluding hydrogens is 152 g/mol. The van der Waals surface area contributed by atoms with E-state index >= 15 is 0 Å². The SMILES string of the molecule is C=CCN(CC=C)c1ncn[nH]1. The van der Waals surface area contributed by atoms with E-state index < -0.39 is 0 Å². The average molecular weight is 164 g/mol. The molecule has 0 saturated carbocycles. The van der Waals surface area contributed by atoms with Gasteiger partial charge in [0.1, 0.15) is 6.33 Å². The Hall–Kier alpha value is -1.58. The molecule has 12 heavy (non-hydrogen) atoms. The summed E-state index contributed by atoms with van der Waals surface area (Å²) >= 11 is 0. The van der Waals surface area contributed by atoms with Gasteiger partial charge in [-0.3, -0.25) is 0 Å². The smallest absolute Gasteiger partial charge is 0.221 e. The molecule has 0 amide bonds. The van der Waals surface area contributed by atoms with Gasteiger partial charge < -0.3 is 4.90 Å². The number of hydrogen-bond donors (Lipinski definition) is 1. The number of H-pyrrole nitrogens is 1. The molecule has 0 radical (unpaired) electrons. The first-order chi connectivity index (χ1) is 5.88. The molecule has 4 heteroatoms. The molecule has 64 valence electrons. The highest BCUT2D eigenvalue weighted by atomic mass is 15.3. The molecule has 1 N–H and O–H groups in total. The minimum absolute atomic E-state index is 0.737. The normalized spacial score (nSPS) is 9.33. The summed E-state index contributed by atoms with van der Waals surface area (Å²) in [6, 6.07) is 0. The van der Waals surface area contributed by atoms with E-state index in [1.165, 1.54) is 6.33 Å². The van der Waals surface area contributed by atoms with Crippen LogP contribution in [0, 0.1) is 0 Å². The Morgan fingerprint density at radius 3 is 2.50 bits per heavy atom. The largest absolute Gasteiger partial charge is 0.334 e. The van der Waals surface area contributed by atoms with E-state index in [4.69, 9.17) is 0 Å². The summed E-state index contributed by atoms with van der Waals surface area (Å²) in [6.45, 7) is 8.78. The van der Waals surface area contributed by atoms with Crippen molar-refractivity contribution in [1.29, 1.82) is 0 Å². The van der Waals surface area contributed by atoms with Gasteiger partial charge in [-0.25, -0.2) is 5.10 Å². The number of anilines is 1. The van der Waals surface area contributed by atoms with Crippen molar-refractivity contribution in [2.24, 2.45) is 0 Å². The standard InChI is InChI=1S/C8H12N4/c1-3-5-12(6-4-2)8-9-7-10-11-8/h3-4,7H,1-2,5-6H2,(H,9,10,11). The van der Waals surface area contributed by atoms with Gasteiger partial charge in [-0.1, -0.05) is 12.2 Å². The predicted octanol–water partition coefficient (Wildman–Crippen LogP) is 0.983. The Labute approximate surface area is 71.6 Å². The average Bonchev–Trinajstić information content (AvgIpc) is 2.56. The number of rotatable bonds is 5. The third-order valence-electron chi connectivity index (χ3n) is 1.40. The van der Waals surface area contributed by atoms with Crippen molar-refractivity contribution in [2.75, 3.05) is 18.0 Å². The van der Waals surface area contributed by atoms with Crippen LogP contribution in [0.2, 0.25) is 0 Å². The Bertz CT molecular complexity index is 230. The fraction of sp³-hybridized carbons (Fsp3) is 0.250. The molecule has 0 aromatic carbocycles. The number of nitrogens with zero attached hydrogens (tertiary/aromatic N) is 3. The van der Waals surface area contributed by atoms with Gasteiger partial charge in [-0.15, -0.1) is 13.2 Å². The third-order valence-corrected chi connectivity index (χ3v) is 1.40. The van der Waals surface area contributed by atoms with Crippen molar-refractivity contribution < 1.29 is 0 Å². The van der Waals surface area contributed by atoms with Gasteiger partial charge in [0.25, 0.3) is 0 Å². The second-order valence-corrected chi connectivity index (χ2v) is 2.29. The predicted molar refractivity (Wildman–Crippen MR) is 49.0 cm³/mol. The van der Waals surface area contributed by atoms with Crippen LogP contribution in [0.1, 0.15) is 0 Å². The lowest BCUT2D eigenvalue weighted by molar-refractivity contribution is 0.894. The number of nitrogens with one attached hydrogen (secondary N) is 1. The van der Waals surface area contributed by atoms with Crippen LogP contribution in [0.3, 0.4) is 0 Å². The highest BCUT2D eigenvalue weighted by Crippen LogP contribution is 2.03. The lowest BCUT2D eigenvalue weighted by Gasteiger charge is -2.16. The molecule has 0 fully saturated rings. The molecule has 0 saturated heterocycles. The molecule has 0 aliphatic rings. The molecule has 0 aliphatic heterocycles. The summed E-state index contributed by atoms with van der Waals surface area (Å²) in [5, 5.41) is 6.54. The topological polar surface area (TPSA) is 44.8 Å². The maximum absolute atomic E-state index is 4.02. The van der Waals surface area contributed by atoms with Crippen molar-refractivity contribution >= 4 is 5.95 Å². The molecule has 0 bridgehead atoms. The zero-order chi connectivity index (χ0) is 8.81. The summed E-state index contributed by atoms with van der Waals surface area (Å²) in [5.74, 6) is 0.745. The van der Waals surface area contributed by atoms with Gasteiger partial charge in [-0.05, 0) is 0 Å². The van der Waals surface area contributed by atoms with Crippen LogP contribution >= 0.6 is 0 Å². The monoisotopic (exact) mass is 164 g/mol. The first-order valence-corrected chi connectivity index (χ1v) is 3.70. The summed E-state index contributed by atoms with van der Waals surface area (Å²) in [4.78, 5) is 6.00. The lowest BCUT2D eigenvalue weighted by atomic mass is 10.5. The third kappa shape index (κ3) is 1.95. The molecule has 0 atom stereocenters. The van der Waals surface area contributed by atoms with E-state index in [-0.39, 0.29) is 0 Å². The van der Waals surface area contributed by atoms with Crippen LogP contribution in [0.25, 0.3) is 0 Å². The maximum Gasteiger partial charge on any atom is 0.221 e. The highest BCUT2D eigenvalue weighted by molar-refractivity contribution is 5.29. The van der Waals surface area contributed by atoms with Crippen molar-refractivity contribution in [3.63, 3.8) is 0 Å². The molecule has 4 nitrogen and oxygen atoms in total. The van der Waals surface area contributed by atoms with Crippen LogP contribution in [0.5, 0.6) is 0 Å². The quantitative estimate of drug-likeness (QED) is 0.660. The first-order valence-electron chi connectivity index (χ1n) is 3.70.